The van der Waals surface area contributed by atoms with E-state index < -0.39 is 17.9 Å². The number of hydrogen-bond donors (Lipinski definition) is 1. The van der Waals surface area contributed by atoms with Gasteiger partial charge in [-0.25, -0.2) is 4.79 Å². The van der Waals surface area contributed by atoms with Crippen LogP contribution in [-0.2, 0) is 14.3 Å². The van der Waals surface area contributed by atoms with Crippen LogP contribution in [0, 0.1) is 0 Å². The number of nitrogens with zero attached hydrogens (tertiary/aromatic N) is 2. The van der Waals surface area contributed by atoms with E-state index in [1.807, 2.05) is 12.1 Å². The van der Waals surface area contributed by atoms with Crippen molar-refractivity contribution in [2.24, 2.45) is 10.8 Å². The van der Waals surface area contributed by atoms with Gasteiger partial charge in [0.15, 0.2) is 0 Å². The Kier molecular flexibility index (Phi) is 4.39. The van der Waals surface area contributed by atoms with E-state index in [9.17, 15) is 9.59 Å². The van der Waals surface area contributed by atoms with Crippen molar-refractivity contribution in [1.82, 2.24) is 0 Å². The fourth-order valence-corrected chi connectivity index (χ4v) is 2.17. The van der Waals surface area contributed by atoms with Crippen LogP contribution in [0.3, 0.4) is 0 Å². The van der Waals surface area contributed by atoms with E-state index in [0.29, 0.717) is 5.69 Å². The number of rotatable bonds is 4. The van der Waals surface area contributed by atoms with Crippen molar-refractivity contribution < 1.29 is 14.3 Å². The fraction of sp³-hybridized carbons (Fsp3) is 0.308. The zero-order valence-electron chi connectivity index (χ0n) is 10.9. The van der Waals surface area contributed by atoms with Gasteiger partial charge in [-0.2, -0.15) is 5.10 Å². The smallest absolute Gasteiger partial charge is 0.354 e. The first-order chi connectivity index (χ1) is 9.52. The maximum atomic E-state index is 11.7. The zero-order valence-corrected chi connectivity index (χ0v) is 12.5. The number of esters is 1. The summed E-state index contributed by atoms with van der Waals surface area (Å²) in [7, 11) is 0. The third kappa shape index (κ3) is 2.98. The minimum Gasteiger partial charge on any atom is -0.461 e. The second-order valence-electron chi connectivity index (χ2n) is 4.21. The Balaban J connectivity index is 2.29. The molecule has 0 aromatic heterocycles. The third-order valence-electron chi connectivity index (χ3n) is 2.84. The van der Waals surface area contributed by atoms with Crippen LogP contribution in [-0.4, -0.2) is 30.2 Å². The van der Waals surface area contributed by atoms with E-state index in [1.54, 1.807) is 19.1 Å². The lowest BCUT2D eigenvalue weighted by molar-refractivity contribution is -0.135. The number of nitrogens with two attached hydrogens (primary N) is 1. The van der Waals surface area contributed by atoms with Gasteiger partial charge in [-0.15, -0.1) is 0 Å². The number of hydrogen-bond acceptors (Lipinski definition) is 5. The monoisotopic (exact) mass is 339 g/mol. The van der Waals surface area contributed by atoms with Crippen LogP contribution < -0.4 is 10.7 Å². The van der Waals surface area contributed by atoms with E-state index >= 15 is 0 Å². The molecule has 0 spiro atoms. The molecule has 20 heavy (non-hydrogen) atoms. The Bertz CT molecular complexity index is 556. The van der Waals surface area contributed by atoms with Gasteiger partial charge in [0, 0.05) is 10.9 Å². The quantitative estimate of drug-likeness (QED) is 0.841. The molecule has 2 rings (SSSR count). The summed E-state index contributed by atoms with van der Waals surface area (Å²) in [5.41, 5.74) is 6.27. The number of halogens is 1. The van der Waals surface area contributed by atoms with E-state index in [-0.39, 0.29) is 18.7 Å². The Hall–Kier alpha value is -1.89. The minimum absolute atomic E-state index is 0.157. The number of benzene rings is 1. The highest BCUT2D eigenvalue weighted by Gasteiger charge is 2.35. The Morgan fingerprint density at radius 1 is 1.45 bits per heavy atom. The Morgan fingerprint density at radius 3 is 2.65 bits per heavy atom. The van der Waals surface area contributed by atoms with Gasteiger partial charge in [-0.3, -0.25) is 9.80 Å². The van der Waals surface area contributed by atoms with Gasteiger partial charge >= 0.3 is 5.97 Å². The van der Waals surface area contributed by atoms with Crippen molar-refractivity contribution in [3.05, 3.63) is 28.7 Å². The molecule has 1 heterocycles. The van der Waals surface area contributed by atoms with Crippen molar-refractivity contribution in [2.75, 3.05) is 11.6 Å². The van der Waals surface area contributed by atoms with Crippen molar-refractivity contribution in [3.63, 3.8) is 0 Å². The molecular formula is C13H14BrN3O3. The van der Waals surface area contributed by atoms with Gasteiger partial charge in [-0.1, -0.05) is 15.9 Å². The fourth-order valence-electron chi connectivity index (χ4n) is 1.90. The lowest BCUT2D eigenvalue weighted by Gasteiger charge is -2.20. The Morgan fingerprint density at radius 2 is 2.10 bits per heavy atom. The molecule has 1 aromatic rings. The first-order valence-electron chi connectivity index (χ1n) is 6.11. The van der Waals surface area contributed by atoms with E-state index in [4.69, 9.17) is 10.5 Å². The average molecular weight is 340 g/mol. The molecule has 1 atom stereocenters. The van der Waals surface area contributed by atoms with Crippen LogP contribution in [0.2, 0.25) is 0 Å². The summed E-state index contributed by atoms with van der Waals surface area (Å²) in [4.78, 5) is 23.2. The lowest BCUT2D eigenvalue weighted by atomic mass is 10.1. The van der Waals surface area contributed by atoms with E-state index in [0.717, 1.165) is 4.47 Å². The molecule has 106 valence electrons. The van der Waals surface area contributed by atoms with Crippen LogP contribution in [0.25, 0.3) is 0 Å². The van der Waals surface area contributed by atoms with Gasteiger partial charge in [0.05, 0.1) is 12.3 Å². The number of carbonyl (C=O) groups is 2. The number of amides is 1. The number of carbonyl (C=O) groups excluding carboxylic acids is 2. The molecule has 1 aliphatic rings. The van der Waals surface area contributed by atoms with Crippen LogP contribution in [0.4, 0.5) is 5.69 Å². The molecule has 1 unspecified atom stereocenters. The molecular weight excluding hydrogens is 326 g/mol. The predicted molar refractivity (Wildman–Crippen MR) is 78.3 cm³/mol. The normalized spacial score (nSPS) is 17.8. The molecule has 1 amide bonds. The molecule has 1 aromatic carbocycles. The number of primary amides is 1. The van der Waals surface area contributed by atoms with Crippen molar-refractivity contribution in [3.8, 4) is 0 Å². The highest BCUT2D eigenvalue weighted by atomic mass is 79.9. The molecule has 7 heteroatoms. The number of hydrazone groups is 1. The maximum Gasteiger partial charge on any atom is 0.354 e. The molecule has 0 bridgehead atoms. The molecule has 0 aliphatic carbocycles. The first-order valence-corrected chi connectivity index (χ1v) is 6.91. The average Bonchev–Trinajstić information content (AvgIpc) is 2.85. The molecule has 0 saturated carbocycles. The molecule has 0 fully saturated rings. The third-order valence-corrected chi connectivity index (χ3v) is 3.37. The van der Waals surface area contributed by atoms with Crippen LogP contribution >= 0.6 is 15.9 Å². The number of ether oxygens (including phenoxy) is 1. The van der Waals surface area contributed by atoms with Crippen molar-refractivity contribution in [2.45, 2.75) is 19.4 Å². The van der Waals surface area contributed by atoms with Gasteiger partial charge < -0.3 is 10.5 Å². The largest absolute Gasteiger partial charge is 0.461 e. The summed E-state index contributed by atoms with van der Waals surface area (Å²) in [6.07, 6.45) is 0.157. The highest BCUT2D eigenvalue weighted by molar-refractivity contribution is 9.10. The second kappa shape index (κ2) is 6.04. The van der Waals surface area contributed by atoms with E-state index in [2.05, 4.69) is 21.0 Å². The zero-order chi connectivity index (χ0) is 14.7. The van der Waals surface area contributed by atoms with Gasteiger partial charge in [-0.05, 0) is 31.2 Å². The topological polar surface area (TPSA) is 85.0 Å². The second-order valence-corrected chi connectivity index (χ2v) is 5.13. The van der Waals surface area contributed by atoms with Crippen LogP contribution in [0.1, 0.15) is 13.3 Å². The number of anilines is 1. The summed E-state index contributed by atoms with van der Waals surface area (Å²) >= 11 is 3.33. The summed E-state index contributed by atoms with van der Waals surface area (Å²) in [5, 5.41) is 5.63. The summed E-state index contributed by atoms with van der Waals surface area (Å²) < 4.78 is 5.81. The highest BCUT2D eigenvalue weighted by Crippen LogP contribution is 2.26. The summed E-state index contributed by atoms with van der Waals surface area (Å²) in [6.45, 7) is 1.98. The standard InChI is InChI=1S/C13H14BrN3O3/c1-2-20-13(19)10-7-11(12(15)18)17(16-10)9-5-3-8(14)4-6-9/h3-6,11H,2,7H2,1H3,(H2,15,18). The molecule has 0 radical (unpaired) electrons. The molecule has 6 nitrogen and oxygen atoms in total. The maximum absolute atomic E-state index is 11.7. The summed E-state index contributed by atoms with van der Waals surface area (Å²) in [5.74, 6) is -1.05. The van der Waals surface area contributed by atoms with Crippen LogP contribution in [0.15, 0.2) is 33.8 Å². The first kappa shape index (κ1) is 14.5. The molecule has 0 saturated heterocycles. The van der Waals surface area contributed by atoms with Gasteiger partial charge in [0.1, 0.15) is 11.8 Å². The van der Waals surface area contributed by atoms with Crippen molar-refractivity contribution in [1.29, 1.82) is 0 Å². The van der Waals surface area contributed by atoms with Gasteiger partial charge in [0.2, 0.25) is 5.91 Å². The van der Waals surface area contributed by atoms with Gasteiger partial charge in [0.25, 0.3) is 0 Å². The molecule has 2 N–H and O–H groups in total. The predicted octanol–water partition coefficient (Wildman–Crippen LogP) is 1.43. The Labute approximate surface area is 124 Å². The molecule has 1 aliphatic heterocycles. The summed E-state index contributed by atoms with van der Waals surface area (Å²) in [6, 6.07) is 6.56. The minimum atomic E-state index is -0.671. The lowest BCUT2D eigenvalue weighted by Crippen LogP contribution is -2.39. The van der Waals surface area contributed by atoms with Crippen molar-refractivity contribution >= 4 is 39.2 Å². The SMILES string of the molecule is CCOC(=O)C1=NN(c2ccc(Br)cc2)C(C(N)=O)C1. The van der Waals surface area contributed by atoms with Crippen LogP contribution in [0.5, 0.6) is 0 Å². The van der Waals surface area contributed by atoms with E-state index in [1.165, 1.54) is 5.01 Å².